The zero-order chi connectivity index (χ0) is 14.0. The molecule has 5 heteroatoms. The monoisotopic (exact) mass is 268 g/mol. The number of benzene rings is 2. The Hall–Kier alpha value is -2.01. The number of hydrogen-bond acceptors (Lipinski definition) is 2. The van der Waals surface area contributed by atoms with Gasteiger partial charge in [-0.1, -0.05) is 0 Å². The van der Waals surface area contributed by atoms with Gasteiger partial charge in [-0.05, 0) is 37.3 Å². The van der Waals surface area contributed by atoms with Gasteiger partial charge in [-0.15, -0.1) is 0 Å². The first kappa shape index (κ1) is 13.4. The minimum atomic E-state index is -0.998. The first-order valence-corrected chi connectivity index (χ1v) is 5.58. The Morgan fingerprint density at radius 1 is 0.947 bits per heavy atom. The lowest BCUT2D eigenvalue weighted by Gasteiger charge is -2.13. The van der Waals surface area contributed by atoms with Gasteiger partial charge in [-0.2, -0.15) is 0 Å². The third kappa shape index (κ3) is 3.06. The van der Waals surface area contributed by atoms with E-state index in [9.17, 15) is 18.3 Å². The molecular weight excluding hydrogens is 257 g/mol. The summed E-state index contributed by atoms with van der Waals surface area (Å²) in [4.78, 5) is 0. The Labute approximate surface area is 108 Å². The number of ether oxygens (including phenoxy) is 1. The predicted molar refractivity (Wildman–Crippen MR) is 63.5 cm³/mol. The molecule has 19 heavy (non-hydrogen) atoms. The van der Waals surface area contributed by atoms with Gasteiger partial charge in [0, 0.05) is 11.6 Å². The Bertz CT molecular complexity index is 597. The summed E-state index contributed by atoms with van der Waals surface area (Å²) in [5, 5.41) is 9.52. The lowest BCUT2D eigenvalue weighted by molar-refractivity contribution is 0.195. The molecule has 2 rings (SSSR count). The second-order valence-corrected chi connectivity index (χ2v) is 4.03. The van der Waals surface area contributed by atoms with Crippen LogP contribution in [0.5, 0.6) is 11.5 Å². The van der Waals surface area contributed by atoms with E-state index < -0.39 is 23.6 Å². The third-order valence-corrected chi connectivity index (χ3v) is 2.54. The molecule has 2 aromatic carbocycles. The van der Waals surface area contributed by atoms with Crippen LogP contribution in [0.15, 0.2) is 36.4 Å². The van der Waals surface area contributed by atoms with E-state index in [2.05, 4.69) is 0 Å². The Morgan fingerprint density at radius 3 is 2.26 bits per heavy atom. The van der Waals surface area contributed by atoms with Gasteiger partial charge in [0.25, 0.3) is 0 Å². The van der Waals surface area contributed by atoms with Crippen LogP contribution in [0.4, 0.5) is 13.2 Å². The van der Waals surface area contributed by atoms with E-state index in [1.165, 1.54) is 13.0 Å². The van der Waals surface area contributed by atoms with Gasteiger partial charge >= 0.3 is 0 Å². The molecular formula is C14H11F3O2. The molecule has 0 fully saturated rings. The van der Waals surface area contributed by atoms with Crippen LogP contribution in [0.3, 0.4) is 0 Å². The number of hydrogen-bond donors (Lipinski definition) is 1. The van der Waals surface area contributed by atoms with Crippen LogP contribution < -0.4 is 4.74 Å². The number of halogens is 3. The summed E-state index contributed by atoms with van der Waals surface area (Å²) in [6, 6.07) is 6.21. The topological polar surface area (TPSA) is 29.5 Å². The van der Waals surface area contributed by atoms with Crippen LogP contribution in [0.1, 0.15) is 18.6 Å². The highest BCUT2D eigenvalue weighted by Crippen LogP contribution is 2.31. The largest absolute Gasteiger partial charge is 0.454 e. The average molecular weight is 268 g/mol. The van der Waals surface area contributed by atoms with Crippen molar-refractivity contribution in [1.29, 1.82) is 0 Å². The molecule has 1 atom stereocenters. The zero-order valence-electron chi connectivity index (χ0n) is 10.0. The van der Waals surface area contributed by atoms with Gasteiger partial charge in [0.15, 0.2) is 11.6 Å². The van der Waals surface area contributed by atoms with Gasteiger partial charge in [-0.25, -0.2) is 13.2 Å². The highest BCUT2D eigenvalue weighted by atomic mass is 19.1. The number of aliphatic hydroxyl groups is 1. The van der Waals surface area contributed by atoms with Gasteiger partial charge in [0.05, 0.1) is 6.10 Å². The van der Waals surface area contributed by atoms with Crippen molar-refractivity contribution in [2.75, 3.05) is 0 Å². The summed E-state index contributed by atoms with van der Waals surface area (Å²) in [7, 11) is 0. The third-order valence-electron chi connectivity index (χ3n) is 2.54. The molecule has 0 heterocycles. The highest BCUT2D eigenvalue weighted by molar-refractivity contribution is 5.39. The van der Waals surface area contributed by atoms with Gasteiger partial charge < -0.3 is 9.84 Å². The summed E-state index contributed by atoms with van der Waals surface area (Å²) >= 11 is 0. The van der Waals surface area contributed by atoms with Crippen molar-refractivity contribution in [3.8, 4) is 11.5 Å². The van der Waals surface area contributed by atoms with Crippen molar-refractivity contribution in [2.24, 2.45) is 0 Å². The fraction of sp³-hybridized carbons (Fsp3) is 0.143. The smallest absolute Gasteiger partial charge is 0.165 e. The van der Waals surface area contributed by atoms with Crippen molar-refractivity contribution in [2.45, 2.75) is 13.0 Å². The van der Waals surface area contributed by atoms with Crippen molar-refractivity contribution >= 4 is 0 Å². The SMILES string of the molecule is C[C@H](O)c1cc(F)ccc1Oc1cc(F)ccc1F. The standard InChI is InChI=1S/C14H11F3O2/c1-8(18)11-6-9(15)3-5-13(11)19-14-7-10(16)2-4-12(14)17/h2-8,18H,1H3/t8-/m0/s1. The molecule has 1 N–H and O–H groups in total. The van der Waals surface area contributed by atoms with E-state index in [0.717, 1.165) is 30.3 Å². The van der Waals surface area contributed by atoms with E-state index in [-0.39, 0.29) is 17.1 Å². The zero-order valence-corrected chi connectivity index (χ0v) is 10.0. The van der Waals surface area contributed by atoms with E-state index in [1.54, 1.807) is 0 Å². The Morgan fingerprint density at radius 2 is 1.58 bits per heavy atom. The molecule has 2 aromatic rings. The number of aliphatic hydroxyl groups excluding tert-OH is 1. The van der Waals surface area contributed by atoms with Crippen molar-refractivity contribution in [3.05, 3.63) is 59.4 Å². The van der Waals surface area contributed by atoms with E-state index in [1.807, 2.05) is 0 Å². The maximum atomic E-state index is 13.4. The maximum Gasteiger partial charge on any atom is 0.165 e. The van der Waals surface area contributed by atoms with Gasteiger partial charge in [0.2, 0.25) is 0 Å². The molecule has 0 aliphatic carbocycles. The van der Waals surface area contributed by atoms with Gasteiger partial charge in [0.1, 0.15) is 17.4 Å². The maximum absolute atomic E-state index is 13.4. The van der Waals surface area contributed by atoms with E-state index in [4.69, 9.17) is 4.74 Å². The van der Waals surface area contributed by atoms with Crippen LogP contribution in [-0.4, -0.2) is 5.11 Å². The molecule has 0 spiro atoms. The summed E-state index contributed by atoms with van der Waals surface area (Å²) < 4.78 is 44.7. The summed E-state index contributed by atoms with van der Waals surface area (Å²) in [6.45, 7) is 1.42. The molecule has 2 nitrogen and oxygen atoms in total. The fourth-order valence-corrected chi connectivity index (χ4v) is 1.61. The summed E-state index contributed by atoms with van der Waals surface area (Å²) in [6.07, 6.45) is -0.998. The molecule has 0 amide bonds. The second kappa shape index (κ2) is 5.32. The van der Waals surface area contributed by atoms with Crippen LogP contribution >= 0.6 is 0 Å². The summed E-state index contributed by atoms with van der Waals surface area (Å²) in [5.74, 6) is -2.21. The first-order chi connectivity index (χ1) is 8.97. The van der Waals surface area contributed by atoms with Crippen molar-refractivity contribution in [1.82, 2.24) is 0 Å². The molecule has 0 saturated heterocycles. The average Bonchev–Trinajstić information content (AvgIpc) is 2.35. The molecule has 0 aliphatic rings. The van der Waals surface area contributed by atoms with Crippen LogP contribution in [0.2, 0.25) is 0 Å². The van der Waals surface area contributed by atoms with E-state index in [0.29, 0.717) is 0 Å². The van der Waals surface area contributed by atoms with E-state index >= 15 is 0 Å². The highest BCUT2D eigenvalue weighted by Gasteiger charge is 2.13. The quantitative estimate of drug-likeness (QED) is 0.913. The van der Waals surface area contributed by atoms with Crippen LogP contribution in [0.25, 0.3) is 0 Å². The molecule has 100 valence electrons. The minimum absolute atomic E-state index is 0.0703. The fourth-order valence-electron chi connectivity index (χ4n) is 1.61. The van der Waals surface area contributed by atoms with Crippen LogP contribution in [-0.2, 0) is 0 Å². The normalized spacial score (nSPS) is 12.3. The number of rotatable bonds is 3. The Kier molecular flexibility index (Phi) is 3.76. The predicted octanol–water partition coefficient (Wildman–Crippen LogP) is 3.95. The molecule has 0 bridgehead atoms. The minimum Gasteiger partial charge on any atom is -0.454 e. The summed E-state index contributed by atoms with van der Waals surface area (Å²) in [5.41, 5.74) is 0.156. The molecule has 0 aromatic heterocycles. The first-order valence-electron chi connectivity index (χ1n) is 5.58. The second-order valence-electron chi connectivity index (χ2n) is 4.03. The van der Waals surface area contributed by atoms with Crippen molar-refractivity contribution < 1.29 is 23.0 Å². The lowest BCUT2D eigenvalue weighted by atomic mass is 10.1. The van der Waals surface area contributed by atoms with Gasteiger partial charge in [-0.3, -0.25) is 0 Å². The molecule has 0 unspecified atom stereocenters. The van der Waals surface area contributed by atoms with Crippen molar-refractivity contribution in [3.63, 3.8) is 0 Å². The molecule has 0 saturated carbocycles. The Balaban J connectivity index is 2.40. The van der Waals surface area contributed by atoms with Crippen LogP contribution in [0, 0.1) is 17.5 Å². The molecule has 0 aliphatic heterocycles. The lowest BCUT2D eigenvalue weighted by Crippen LogP contribution is -1.98. The molecule has 0 radical (unpaired) electrons.